The molecular formula is C33H46N4O4. The number of rotatable bonds is 7. The Bertz CT molecular complexity index is 1220. The van der Waals surface area contributed by atoms with Crippen LogP contribution in [0.15, 0.2) is 36.4 Å². The van der Waals surface area contributed by atoms with Gasteiger partial charge in [-0.3, -0.25) is 19.3 Å². The maximum atomic E-state index is 14.3. The molecule has 1 spiro atoms. The zero-order valence-electron chi connectivity index (χ0n) is 25.0. The van der Waals surface area contributed by atoms with Crippen molar-refractivity contribution >= 4 is 23.4 Å². The number of benzene rings is 1. The maximum Gasteiger partial charge on any atom is 0.246 e. The second-order valence-electron chi connectivity index (χ2n) is 13.4. The summed E-state index contributed by atoms with van der Waals surface area (Å²) in [6.45, 7) is 10.9. The van der Waals surface area contributed by atoms with E-state index < -0.39 is 29.6 Å². The van der Waals surface area contributed by atoms with E-state index in [4.69, 9.17) is 4.74 Å². The van der Waals surface area contributed by atoms with Gasteiger partial charge in [-0.15, -0.1) is 0 Å². The van der Waals surface area contributed by atoms with Crippen LogP contribution in [0.2, 0.25) is 0 Å². The lowest BCUT2D eigenvalue weighted by atomic mass is 9.73. The lowest BCUT2D eigenvalue weighted by molar-refractivity contribution is -0.142. The zero-order valence-corrected chi connectivity index (χ0v) is 25.0. The quantitative estimate of drug-likeness (QED) is 0.492. The number of nitrogens with one attached hydrogen (secondary N) is 2. The average Bonchev–Trinajstić information content (AvgIpc) is 3.58. The lowest BCUT2D eigenvalue weighted by Crippen LogP contribution is -2.58. The number of likely N-dealkylation sites (tertiary alicyclic amines) is 2. The second kappa shape index (κ2) is 11.2. The van der Waals surface area contributed by atoms with Gasteiger partial charge >= 0.3 is 0 Å². The van der Waals surface area contributed by atoms with Gasteiger partial charge in [0.05, 0.1) is 17.9 Å². The summed E-state index contributed by atoms with van der Waals surface area (Å²) in [5.74, 6) is -1.03. The molecular weight excluding hydrogens is 516 g/mol. The van der Waals surface area contributed by atoms with E-state index in [-0.39, 0.29) is 23.8 Å². The minimum Gasteiger partial charge on any atom is -0.359 e. The Hall–Kier alpha value is -2.71. The summed E-state index contributed by atoms with van der Waals surface area (Å²) in [4.78, 5) is 46.4. The largest absolute Gasteiger partial charge is 0.359 e. The minimum absolute atomic E-state index is 0.0729. The number of carbonyl (C=O) groups is 3. The van der Waals surface area contributed by atoms with E-state index in [1.54, 1.807) is 4.90 Å². The number of fused-ring (bicyclic) bond motifs is 1. The predicted octanol–water partition coefficient (Wildman–Crippen LogP) is 3.90. The Morgan fingerprint density at radius 2 is 1.88 bits per heavy atom. The van der Waals surface area contributed by atoms with Crippen LogP contribution in [-0.2, 0) is 19.1 Å². The molecule has 222 valence electrons. The van der Waals surface area contributed by atoms with Gasteiger partial charge in [-0.05, 0) is 69.2 Å². The number of ether oxygens (including phenoxy) is 1. The molecule has 1 aromatic carbocycles. The summed E-state index contributed by atoms with van der Waals surface area (Å²) >= 11 is 0. The van der Waals surface area contributed by atoms with Crippen LogP contribution in [0.3, 0.4) is 0 Å². The monoisotopic (exact) mass is 562 g/mol. The minimum atomic E-state index is -1.13. The lowest BCUT2D eigenvalue weighted by Gasteiger charge is -2.39. The molecule has 8 heteroatoms. The molecule has 1 aliphatic carbocycles. The van der Waals surface area contributed by atoms with Crippen molar-refractivity contribution in [2.24, 2.45) is 23.7 Å². The van der Waals surface area contributed by atoms with Crippen molar-refractivity contribution in [1.29, 1.82) is 0 Å². The van der Waals surface area contributed by atoms with Gasteiger partial charge in [0.25, 0.3) is 0 Å². The second-order valence-corrected chi connectivity index (χ2v) is 13.4. The van der Waals surface area contributed by atoms with Gasteiger partial charge in [-0.1, -0.05) is 57.4 Å². The van der Waals surface area contributed by atoms with E-state index in [0.29, 0.717) is 36.7 Å². The van der Waals surface area contributed by atoms with Gasteiger partial charge in [-0.2, -0.15) is 0 Å². The summed E-state index contributed by atoms with van der Waals surface area (Å²) < 4.78 is 6.55. The standard InChI is InChI=1S/C33H46N4O4/c1-20-9-7-12-24(19-20)34-30(38)27-26-14-15-33(41-26)28(27)32(40)37(18-17-36-16-6-5-11-22(36)3)29(33)31(39)35-25-13-8-10-21(2)23(25)4/h7,9,12,14-15,19,21-23,25-29H,5-6,8,10-11,13,16-18H2,1-4H3,(H,34,38)(H,35,39)/t21?,22?,23?,25?,26-,27?,28-,29?,33?/m0/s1. The molecule has 4 heterocycles. The topological polar surface area (TPSA) is 91.0 Å². The first-order chi connectivity index (χ1) is 19.7. The Labute approximate surface area is 244 Å². The zero-order chi connectivity index (χ0) is 28.9. The van der Waals surface area contributed by atoms with Gasteiger partial charge in [0.15, 0.2) is 0 Å². The highest BCUT2D eigenvalue weighted by Gasteiger charge is 2.72. The molecule has 0 aromatic heterocycles. The fraction of sp³-hybridized carbons (Fsp3) is 0.667. The van der Waals surface area contributed by atoms with E-state index in [2.05, 4.69) is 36.3 Å². The first-order valence-electron chi connectivity index (χ1n) is 15.8. The van der Waals surface area contributed by atoms with E-state index in [9.17, 15) is 14.4 Å². The van der Waals surface area contributed by atoms with Crippen LogP contribution in [0, 0.1) is 30.6 Å². The molecule has 4 fully saturated rings. The number of aryl methyl sites for hydroxylation is 1. The molecule has 4 aliphatic heterocycles. The summed E-state index contributed by atoms with van der Waals surface area (Å²) in [6, 6.07) is 7.40. The van der Waals surface area contributed by atoms with Gasteiger partial charge < -0.3 is 20.3 Å². The molecule has 2 N–H and O–H groups in total. The van der Waals surface area contributed by atoms with Crippen LogP contribution in [0.25, 0.3) is 0 Å². The van der Waals surface area contributed by atoms with Crippen LogP contribution in [0.4, 0.5) is 5.69 Å². The Balaban J connectivity index is 1.28. The van der Waals surface area contributed by atoms with Crippen LogP contribution in [0.1, 0.15) is 64.9 Å². The molecule has 3 amide bonds. The molecule has 7 unspecified atom stereocenters. The first-order valence-corrected chi connectivity index (χ1v) is 15.8. The summed E-state index contributed by atoms with van der Waals surface area (Å²) in [5, 5.41) is 6.39. The third kappa shape index (κ3) is 5.01. The molecule has 0 radical (unpaired) electrons. The van der Waals surface area contributed by atoms with Crippen molar-refractivity contribution in [3.8, 4) is 0 Å². The summed E-state index contributed by atoms with van der Waals surface area (Å²) in [6.07, 6.45) is 10.0. The third-order valence-electron chi connectivity index (χ3n) is 10.8. The highest BCUT2D eigenvalue weighted by atomic mass is 16.5. The molecule has 9 atom stereocenters. The average molecular weight is 563 g/mol. The Kier molecular flexibility index (Phi) is 7.74. The van der Waals surface area contributed by atoms with Crippen LogP contribution in [-0.4, -0.2) is 77.0 Å². The van der Waals surface area contributed by atoms with Crippen molar-refractivity contribution in [3.63, 3.8) is 0 Å². The van der Waals surface area contributed by atoms with E-state index in [1.165, 1.54) is 12.8 Å². The molecule has 8 nitrogen and oxygen atoms in total. The number of nitrogens with zero attached hydrogens (tertiary/aromatic N) is 2. The van der Waals surface area contributed by atoms with Crippen molar-refractivity contribution < 1.29 is 19.1 Å². The molecule has 41 heavy (non-hydrogen) atoms. The highest BCUT2D eigenvalue weighted by Crippen LogP contribution is 2.55. The number of amides is 3. The van der Waals surface area contributed by atoms with E-state index in [1.807, 2.05) is 43.3 Å². The smallest absolute Gasteiger partial charge is 0.246 e. The fourth-order valence-electron chi connectivity index (χ4n) is 8.23. The van der Waals surface area contributed by atoms with Gasteiger partial charge in [0.2, 0.25) is 17.7 Å². The van der Waals surface area contributed by atoms with E-state index >= 15 is 0 Å². The Morgan fingerprint density at radius 3 is 2.66 bits per heavy atom. The number of carbonyl (C=O) groups excluding carboxylic acids is 3. The summed E-state index contributed by atoms with van der Waals surface area (Å²) in [5.41, 5.74) is 0.616. The van der Waals surface area contributed by atoms with Crippen molar-refractivity contribution in [3.05, 3.63) is 42.0 Å². The molecule has 1 saturated carbocycles. The third-order valence-corrected chi connectivity index (χ3v) is 10.8. The van der Waals surface area contributed by atoms with Crippen LogP contribution >= 0.6 is 0 Å². The van der Waals surface area contributed by atoms with E-state index in [0.717, 1.165) is 37.8 Å². The molecule has 1 aromatic rings. The van der Waals surface area contributed by atoms with Crippen LogP contribution < -0.4 is 10.6 Å². The maximum absolute atomic E-state index is 14.3. The molecule has 6 rings (SSSR count). The van der Waals surface area contributed by atoms with Crippen molar-refractivity contribution in [2.75, 3.05) is 25.0 Å². The number of piperidine rings is 1. The van der Waals surface area contributed by atoms with Gasteiger partial charge in [0.1, 0.15) is 11.6 Å². The SMILES string of the molecule is Cc1cccc(NC(=O)C2[C@@H]3C=CC4(O3)C(C(=O)NC3CCCC(C)C3C)N(CCN3CCCCC3C)C(=O)[C@H]24)c1. The summed E-state index contributed by atoms with van der Waals surface area (Å²) in [7, 11) is 0. The Morgan fingerprint density at radius 1 is 1.05 bits per heavy atom. The fourth-order valence-corrected chi connectivity index (χ4v) is 8.23. The number of hydrogen-bond acceptors (Lipinski definition) is 5. The van der Waals surface area contributed by atoms with Gasteiger partial charge in [-0.25, -0.2) is 0 Å². The van der Waals surface area contributed by atoms with Crippen molar-refractivity contribution in [2.45, 2.75) is 96.1 Å². The molecule has 2 bridgehead atoms. The van der Waals surface area contributed by atoms with Crippen LogP contribution in [0.5, 0.6) is 0 Å². The predicted molar refractivity (Wildman–Crippen MR) is 158 cm³/mol. The van der Waals surface area contributed by atoms with Crippen molar-refractivity contribution in [1.82, 2.24) is 15.1 Å². The number of anilines is 1. The molecule has 5 aliphatic rings. The molecule has 3 saturated heterocycles. The normalized spacial score (nSPS) is 38.2. The highest BCUT2D eigenvalue weighted by molar-refractivity contribution is 6.02. The first kappa shape index (κ1) is 28.4. The van der Waals surface area contributed by atoms with Gasteiger partial charge in [0, 0.05) is 30.9 Å². The number of hydrogen-bond donors (Lipinski definition) is 2.